The molecule has 0 aliphatic heterocycles. The van der Waals surface area contributed by atoms with Crippen molar-refractivity contribution in [3.05, 3.63) is 27.5 Å². The van der Waals surface area contributed by atoms with Gasteiger partial charge in [-0.15, -0.1) is 0 Å². The molecule has 0 spiro atoms. The normalized spacial score (nSPS) is 19.5. The molecule has 90 valence electrons. The minimum absolute atomic E-state index is 0.595. The maximum absolute atomic E-state index is 9.02. The minimum atomic E-state index is -1.09. The van der Waals surface area contributed by atoms with Crippen LogP contribution in [0, 0.1) is 16.0 Å². The molecule has 4 heteroatoms. The maximum atomic E-state index is 9.02. The lowest BCUT2D eigenvalue weighted by Gasteiger charge is -2.33. The van der Waals surface area contributed by atoms with Gasteiger partial charge in [0.15, 0.2) is 0 Å². The smallest absolute Gasteiger partial charge is 0.121 e. The zero-order valence-corrected chi connectivity index (χ0v) is 12.4. The van der Waals surface area contributed by atoms with E-state index in [1.54, 1.807) is 0 Å². The van der Waals surface area contributed by atoms with Crippen LogP contribution in [0.15, 0.2) is 6.07 Å². The molecular weight excluding hydrogens is 244 g/mol. The van der Waals surface area contributed by atoms with E-state index in [0.717, 1.165) is 18.4 Å². The van der Waals surface area contributed by atoms with Crippen molar-refractivity contribution in [1.82, 2.24) is 4.98 Å². The van der Waals surface area contributed by atoms with E-state index >= 15 is 0 Å². The third-order valence-corrected chi connectivity index (χ3v) is 7.03. The molecule has 1 aliphatic rings. The van der Waals surface area contributed by atoms with E-state index in [9.17, 15) is 0 Å². The van der Waals surface area contributed by atoms with Gasteiger partial charge in [0.25, 0.3) is 0 Å². The Bertz CT molecular complexity index is 534. The van der Waals surface area contributed by atoms with E-state index in [1.165, 1.54) is 17.7 Å². The molecule has 1 aromatic rings. The van der Waals surface area contributed by atoms with Gasteiger partial charge in [-0.2, -0.15) is 5.26 Å². The van der Waals surface area contributed by atoms with Crippen molar-refractivity contribution in [2.24, 2.45) is 0 Å². The van der Waals surface area contributed by atoms with Crippen LogP contribution in [0.25, 0.3) is 0 Å². The third-order valence-electron chi connectivity index (χ3n) is 3.77. The second-order valence-corrected chi connectivity index (χ2v) is 11.9. The first-order chi connectivity index (χ1) is 7.91. The van der Waals surface area contributed by atoms with Gasteiger partial charge in [-0.25, -0.2) is 0 Å². The number of nitrogens with one attached hydrogen (secondary N) is 1. The second-order valence-electron chi connectivity index (χ2n) is 5.93. The number of hydrogen-bond acceptors (Lipinski definition) is 2. The summed E-state index contributed by atoms with van der Waals surface area (Å²) in [6, 6.07) is 4.18. The number of H-pyrrole nitrogens is 1. The molecule has 0 aromatic carbocycles. The Morgan fingerprint density at radius 1 is 1.47 bits per heavy atom. The van der Waals surface area contributed by atoms with E-state index in [1.807, 2.05) is 6.07 Å². The fourth-order valence-corrected chi connectivity index (χ4v) is 4.60. The Labute approximate surface area is 109 Å². The largest absolute Gasteiger partial charge is 0.349 e. The predicted molar refractivity (Wildman–Crippen MR) is 75.5 cm³/mol. The van der Waals surface area contributed by atoms with Gasteiger partial charge in [0.1, 0.15) is 10.7 Å². The number of nitrogens with zero attached hydrogens (tertiary/aromatic N) is 1. The fourth-order valence-electron chi connectivity index (χ4n) is 2.53. The second kappa shape index (κ2) is 4.39. The number of aryl methyl sites for hydroxylation is 1. The molecular formula is C13H18N2SSi. The summed E-state index contributed by atoms with van der Waals surface area (Å²) in [6.07, 6.45) is 3.46. The Balaban J connectivity index is 2.39. The van der Waals surface area contributed by atoms with E-state index in [-0.39, 0.29) is 0 Å². The number of fused-ring (bicyclic) bond motifs is 1. The van der Waals surface area contributed by atoms with Crippen molar-refractivity contribution < 1.29 is 0 Å². The molecule has 0 radical (unpaired) electrons. The fraction of sp³-hybridized carbons (Fsp3) is 0.538. The molecule has 0 bridgehead atoms. The Morgan fingerprint density at radius 2 is 2.18 bits per heavy atom. The summed E-state index contributed by atoms with van der Waals surface area (Å²) in [5.41, 5.74) is 4.01. The first-order valence-corrected chi connectivity index (χ1v) is 10.1. The van der Waals surface area contributed by atoms with Crippen LogP contribution in [0.5, 0.6) is 0 Å². The van der Waals surface area contributed by atoms with Crippen molar-refractivity contribution in [2.45, 2.75) is 44.4 Å². The van der Waals surface area contributed by atoms with Gasteiger partial charge in [0.2, 0.25) is 0 Å². The van der Waals surface area contributed by atoms with Crippen LogP contribution in [0.1, 0.15) is 23.2 Å². The van der Waals surface area contributed by atoms with E-state index in [2.05, 4.69) is 30.7 Å². The van der Waals surface area contributed by atoms with Gasteiger partial charge >= 0.3 is 0 Å². The highest BCUT2D eigenvalue weighted by Crippen LogP contribution is 2.35. The maximum Gasteiger partial charge on any atom is 0.121 e. The summed E-state index contributed by atoms with van der Waals surface area (Å²) in [4.78, 5) is 3.23. The van der Waals surface area contributed by atoms with E-state index in [4.69, 9.17) is 17.5 Å². The van der Waals surface area contributed by atoms with Crippen LogP contribution in [-0.2, 0) is 12.8 Å². The molecule has 1 N–H and O–H groups in total. The van der Waals surface area contributed by atoms with Gasteiger partial charge in [0, 0.05) is 13.8 Å². The molecule has 2 nitrogen and oxygen atoms in total. The molecule has 1 unspecified atom stereocenters. The van der Waals surface area contributed by atoms with E-state index in [0.29, 0.717) is 10.2 Å². The summed E-state index contributed by atoms with van der Waals surface area (Å²) >= 11 is 5.17. The zero-order chi connectivity index (χ0) is 12.6. The topological polar surface area (TPSA) is 39.6 Å². The molecule has 0 fully saturated rings. The lowest BCUT2D eigenvalue weighted by atomic mass is 9.94. The van der Waals surface area contributed by atoms with Crippen LogP contribution in [0.3, 0.4) is 0 Å². The molecule has 0 saturated carbocycles. The molecule has 1 heterocycles. The molecule has 17 heavy (non-hydrogen) atoms. The van der Waals surface area contributed by atoms with Gasteiger partial charge in [-0.1, -0.05) is 31.9 Å². The third kappa shape index (κ3) is 2.51. The Hall–Kier alpha value is -0.923. The quantitative estimate of drug-likeness (QED) is 0.617. The summed E-state index contributed by atoms with van der Waals surface area (Å²) in [5.74, 6) is 0. The Morgan fingerprint density at radius 3 is 2.76 bits per heavy atom. The van der Waals surface area contributed by atoms with Crippen molar-refractivity contribution in [3.8, 4) is 6.07 Å². The molecule has 2 rings (SSSR count). The van der Waals surface area contributed by atoms with Crippen molar-refractivity contribution in [2.75, 3.05) is 0 Å². The molecule has 1 atom stereocenters. The molecule has 1 aromatic heterocycles. The number of aromatic amines is 1. The predicted octanol–water partition coefficient (Wildman–Crippen LogP) is 3.81. The van der Waals surface area contributed by atoms with Crippen molar-refractivity contribution in [3.63, 3.8) is 0 Å². The number of rotatable bonds is 1. The van der Waals surface area contributed by atoms with Gasteiger partial charge in [0.05, 0.1) is 5.56 Å². The average Bonchev–Trinajstić information content (AvgIpc) is 2.26. The monoisotopic (exact) mass is 262 g/mol. The highest BCUT2D eigenvalue weighted by atomic mass is 32.1. The Kier molecular flexibility index (Phi) is 3.24. The number of nitriles is 1. The first kappa shape index (κ1) is 12.5. The van der Waals surface area contributed by atoms with Crippen LogP contribution < -0.4 is 0 Å². The number of aromatic nitrogens is 1. The van der Waals surface area contributed by atoms with Crippen molar-refractivity contribution >= 4 is 20.3 Å². The summed E-state index contributed by atoms with van der Waals surface area (Å²) in [6.45, 7) is 7.29. The summed E-state index contributed by atoms with van der Waals surface area (Å²) < 4.78 is 0.595. The molecule has 0 saturated heterocycles. The van der Waals surface area contributed by atoms with Crippen LogP contribution in [0.4, 0.5) is 0 Å². The highest BCUT2D eigenvalue weighted by Gasteiger charge is 2.30. The van der Waals surface area contributed by atoms with E-state index < -0.39 is 8.07 Å². The lowest BCUT2D eigenvalue weighted by molar-refractivity contribution is 0.646. The SMILES string of the molecule is C[Si](C)(C)C1CCc2[nH]c(=S)c(C#N)cc2C1. The van der Waals surface area contributed by atoms with Crippen LogP contribution in [-0.4, -0.2) is 13.1 Å². The summed E-state index contributed by atoms with van der Waals surface area (Å²) in [7, 11) is -1.09. The standard InChI is InChI=1S/C13H18N2SSi/c1-17(2,3)11-4-5-12-9(7-11)6-10(8-14)13(16)15-12/h6,11H,4-5,7H2,1-3H3,(H,15,16). The first-order valence-electron chi connectivity index (χ1n) is 6.07. The van der Waals surface area contributed by atoms with Crippen LogP contribution >= 0.6 is 12.2 Å². The number of hydrogen-bond donors (Lipinski definition) is 1. The molecule has 1 aliphatic carbocycles. The minimum Gasteiger partial charge on any atom is -0.349 e. The summed E-state index contributed by atoms with van der Waals surface area (Å²) in [5, 5.41) is 9.02. The lowest BCUT2D eigenvalue weighted by Crippen LogP contribution is -2.32. The molecule has 0 amide bonds. The number of pyridine rings is 1. The zero-order valence-electron chi connectivity index (χ0n) is 10.6. The van der Waals surface area contributed by atoms with Gasteiger partial charge < -0.3 is 4.98 Å². The van der Waals surface area contributed by atoms with Crippen LogP contribution in [0.2, 0.25) is 25.2 Å². The average molecular weight is 262 g/mol. The van der Waals surface area contributed by atoms with Crippen molar-refractivity contribution in [1.29, 1.82) is 5.26 Å². The van der Waals surface area contributed by atoms with Gasteiger partial charge in [-0.05, 0) is 36.4 Å². The van der Waals surface area contributed by atoms with Gasteiger partial charge in [-0.3, -0.25) is 0 Å². The highest BCUT2D eigenvalue weighted by molar-refractivity contribution is 7.71.